The quantitative estimate of drug-likeness (QED) is 0.157. The van der Waals surface area contributed by atoms with Gasteiger partial charge in [0.1, 0.15) is 35.7 Å². The molecule has 0 bridgehead atoms. The molecule has 0 aromatic carbocycles. The van der Waals surface area contributed by atoms with Crippen molar-refractivity contribution in [1.29, 1.82) is 0 Å². The molecular formula is C23H24BF2N9O7P2S. The standard InChI is InChI=1S/C23H24BF2N9O7P2S/c1-9-10-4-38-43(24,36)41-19-12(40-23(14(19)26)35-8-33-16-20(28)30-6-31-22(16)35)5-39-44(37,45)42-18(10)13(25)17(9)34-7-32-15-11(27)2-3-29-21(15)34/h2-3,6-8,10,12-14,17-19,23H,1,4-5H2,(H2,27,29)(H,37,45)(H2,28,30,31)/t10-,12+,13+,14?,17+,18?,19-,23+,43?,44?/m0/s1. The Kier molecular flexibility index (Phi) is 7.58. The van der Waals surface area contributed by atoms with Gasteiger partial charge in [0, 0.05) is 12.1 Å². The zero-order chi connectivity index (χ0) is 31.8. The van der Waals surface area contributed by atoms with Crippen LogP contribution in [0.2, 0.25) is 0 Å². The molecule has 2 saturated heterocycles. The predicted octanol–water partition coefficient (Wildman–Crippen LogP) is 2.05. The van der Waals surface area contributed by atoms with E-state index in [1.165, 1.54) is 28.0 Å². The van der Waals surface area contributed by atoms with E-state index in [0.29, 0.717) is 11.2 Å². The molecule has 4 aromatic rings. The number of ether oxygens (including phenoxy) is 1. The van der Waals surface area contributed by atoms with Gasteiger partial charge in [-0.25, -0.2) is 33.7 Å². The number of nitrogens with two attached hydrogens (primary N) is 2. The lowest BCUT2D eigenvalue weighted by Gasteiger charge is -2.30. The minimum Gasteiger partial charge on any atom is -0.397 e. The van der Waals surface area contributed by atoms with Crippen molar-refractivity contribution in [2.45, 2.75) is 42.9 Å². The first-order valence-electron chi connectivity index (χ1n) is 13.3. The molecule has 6 heterocycles. The molecule has 4 aromatic heterocycles. The average molecular weight is 681 g/mol. The number of halogens is 2. The molecule has 2 radical (unpaired) electrons. The summed E-state index contributed by atoms with van der Waals surface area (Å²) >= 11 is 5.22. The van der Waals surface area contributed by atoms with Crippen LogP contribution in [0.3, 0.4) is 0 Å². The predicted molar refractivity (Wildman–Crippen MR) is 159 cm³/mol. The summed E-state index contributed by atoms with van der Waals surface area (Å²) in [5.41, 5.74) is 13.3. The fourth-order valence-corrected chi connectivity index (χ4v) is 8.30. The maximum absolute atomic E-state index is 16.3. The number of hydrogen-bond donors (Lipinski definition) is 3. The molecule has 45 heavy (non-hydrogen) atoms. The van der Waals surface area contributed by atoms with Crippen LogP contribution in [0.25, 0.3) is 22.3 Å². The monoisotopic (exact) mass is 681 g/mol. The van der Waals surface area contributed by atoms with Crippen LogP contribution in [0.15, 0.2) is 43.4 Å². The molecule has 1 aliphatic carbocycles. The first kappa shape index (κ1) is 30.7. The minimum absolute atomic E-state index is 0.0540. The molecule has 0 spiro atoms. The second-order valence-corrected chi connectivity index (χ2v) is 15.0. The number of imidazole rings is 2. The highest BCUT2D eigenvalue weighted by Gasteiger charge is 2.54. The summed E-state index contributed by atoms with van der Waals surface area (Å²) in [6, 6.07) is 0.408. The van der Waals surface area contributed by atoms with Gasteiger partial charge in [0.05, 0.1) is 37.6 Å². The summed E-state index contributed by atoms with van der Waals surface area (Å²) in [6.07, 6.45) is -4.68. The van der Waals surface area contributed by atoms with Gasteiger partial charge < -0.3 is 43.8 Å². The van der Waals surface area contributed by atoms with Crippen LogP contribution in [-0.4, -0.2) is 90.4 Å². The minimum atomic E-state index is -4.55. The van der Waals surface area contributed by atoms with Crippen LogP contribution in [0.1, 0.15) is 12.3 Å². The lowest BCUT2D eigenvalue weighted by molar-refractivity contribution is -0.0470. The van der Waals surface area contributed by atoms with Crippen LogP contribution < -0.4 is 11.5 Å². The normalized spacial score (nSPS) is 37.7. The summed E-state index contributed by atoms with van der Waals surface area (Å²) < 4.78 is 76.4. The molecule has 0 amide bonds. The fraction of sp³-hybridized carbons (Fsp3) is 0.435. The average Bonchev–Trinajstić information content (AvgIpc) is 3.72. The largest absolute Gasteiger partial charge is 0.397 e. The van der Waals surface area contributed by atoms with Gasteiger partial charge in [-0.2, -0.15) is 0 Å². The topological polar surface area (TPSA) is 210 Å². The maximum atomic E-state index is 16.3. The Morgan fingerprint density at radius 1 is 1.00 bits per heavy atom. The molecule has 7 rings (SSSR count). The van der Waals surface area contributed by atoms with Gasteiger partial charge in [0.15, 0.2) is 35.7 Å². The van der Waals surface area contributed by atoms with Crippen molar-refractivity contribution in [3.05, 3.63) is 43.4 Å². The third kappa shape index (κ3) is 5.27. The van der Waals surface area contributed by atoms with Crippen LogP contribution >= 0.6 is 14.2 Å². The van der Waals surface area contributed by atoms with Crippen LogP contribution in [-0.2, 0) is 39.2 Å². The highest BCUT2D eigenvalue weighted by molar-refractivity contribution is 8.07. The molecule has 10 atom stereocenters. The molecule has 1 saturated carbocycles. The van der Waals surface area contributed by atoms with Gasteiger partial charge in [0.2, 0.25) is 7.57 Å². The molecule has 3 fully saturated rings. The molecule has 22 heteroatoms. The number of pyridine rings is 1. The van der Waals surface area contributed by atoms with Crippen molar-refractivity contribution in [3.8, 4) is 0 Å². The van der Waals surface area contributed by atoms with E-state index in [9.17, 15) is 9.46 Å². The maximum Gasteiger partial charge on any atom is 0.325 e. The smallest absolute Gasteiger partial charge is 0.325 e. The molecule has 16 nitrogen and oxygen atoms in total. The van der Waals surface area contributed by atoms with E-state index >= 15 is 8.78 Å². The zero-order valence-corrected chi connectivity index (χ0v) is 25.6. The number of nitrogen functional groups attached to an aromatic ring is 2. The van der Waals surface area contributed by atoms with E-state index in [0.717, 1.165) is 6.33 Å². The first-order chi connectivity index (χ1) is 21.3. The van der Waals surface area contributed by atoms with Crippen molar-refractivity contribution in [2.24, 2.45) is 5.92 Å². The SMILES string of the molecule is [B]P1(=O)OC[C@H]2C(=C)[C@@H](n3cnc4c(N)ccnc43)[C@@H](F)C2OP(O)(=S)OC[C@H]2O[C@@H](n3cnc4c(N)ncnc43)C(F)[C@H]2O1. The van der Waals surface area contributed by atoms with Gasteiger partial charge >= 0.3 is 6.72 Å². The summed E-state index contributed by atoms with van der Waals surface area (Å²) in [4.78, 5) is 31.6. The third-order valence-electron chi connectivity index (χ3n) is 7.95. The molecular weight excluding hydrogens is 657 g/mol. The van der Waals surface area contributed by atoms with E-state index in [1.54, 1.807) is 6.07 Å². The van der Waals surface area contributed by atoms with Gasteiger partial charge in [-0.15, -0.1) is 0 Å². The van der Waals surface area contributed by atoms with E-state index in [2.05, 4.69) is 31.5 Å². The van der Waals surface area contributed by atoms with E-state index in [4.69, 9.17) is 53.7 Å². The third-order valence-corrected chi connectivity index (χ3v) is 10.6. The van der Waals surface area contributed by atoms with Gasteiger partial charge in [-0.3, -0.25) is 9.13 Å². The molecule has 2 aliphatic heterocycles. The Bertz CT molecular complexity index is 1910. The number of hydrogen-bond acceptors (Lipinski definition) is 14. The van der Waals surface area contributed by atoms with Crippen molar-refractivity contribution >= 4 is 67.4 Å². The second-order valence-electron chi connectivity index (χ2n) is 10.6. The number of rotatable bonds is 2. The number of anilines is 2. The van der Waals surface area contributed by atoms with Crippen LogP contribution in [0.4, 0.5) is 20.3 Å². The fourth-order valence-electron chi connectivity index (χ4n) is 5.83. The number of fused-ring (bicyclic) bond motifs is 4. The van der Waals surface area contributed by atoms with E-state index in [1.807, 2.05) is 0 Å². The van der Waals surface area contributed by atoms with E-state index < -0.39 is 76.2 Å². The Balaban J connectivity index is 1.19. The van der Waals surface area contributed by atoms with Crippen molar-refractivity contribution in [2.75, 3.05) is 24.7 Å². The highest BCUT2D eigenvalue weighted by atomic mass is 32.5. The Morgan fingerprint density at radius 3 is 2.53 bits per heavy atom. The number of alkyl halides is 2. The summed E-state index contributed by atoms with van der Waals surface area (Å²) in [5.74, 6) is -1.02. The zero-order valence-electron chi connectivity index (χ0n) is 22.9. The Hall–Kier alpha value is -2.93. The molecule has 5 N–H and O–H groups in total. The molecule has 4 unspecified atom stereocenters. The van der Waals surface area contributed by atoms with Gasteiger partial charge in [-0.1, -0.05) is 6.58 Å². The molecule has 3 aliphatic rings. The molecule has 236 valence electrons. The number of aromatic nitrogens is 7. The second kappa shape index (κ2) is 11.1. The Morgan fingerprint density at radius 2 is 1.73 bits per heavy atom. The lowest BCUT2D eigenvalue weighted by Crippen LogP contribution is -2.36. The van der Waals surface area contributed by atoms with Crippen LogP contribution in [0, 0.1) is 5.92 Å². The number of nitrogens with zero attached hydrogens (tertiary/aromatic N) is 7. The summed E-state index contributed by atoms with van der Waals surface area (Å²) in [6.45, 7) is -1.39. The Labute approximate surface area is 259 Å². The summed E-state index contributed by atoms with van der Waals surface area (Å²) in [7, 11) is 1.36. The van der Waals surface area contributed by atoms with Crippen molar-refractivity contribution in [3.63, 3.8) is 0 Å². The first-order valence-corrected chi connectivity index (χ1v) is 17.5. The lowest BCUT2D eigenvalue weighted by atomic mass is 10.0. The van der Waals surface area contributed by atoms with E-state index in [-0.39, 0.29) is 28.2 Å². The van der Waals surface area contributed by atoms with Crippen LogP contribution in [0.5, 0.6) is 0 Å². The highest BCUT2D eigenvalue weighted by Crippen LogP contribution is 2.56. The van der Waals surface area contributed by atoms with Crippen molar-refractivity contribution in [1.82, 2.24) is 34.1 Å². The van der Waals surface area contributed by atoms with Crippen molar-refractivity contribution < 1.29 is 41.1 Å². The van der Waals surface area contributed by atoms with Gasteiger partial charge in [-0.05, 0) is 23.4 Å². The van der Waals surface area contributed by atoms with Gasteiger partial charge in [0.25, 0.3) is 7.47 Å². The summed E-state index contributed by atoms with van der Waals surface area (Å²) in [5, 5.41) is 0.